The quantitative estimate of drug-likeness (QED) is 0.548. The number of allylic oxidation sites excluding steroid dienone is 1. The molecule has 3 heteroatoms. The summed E-state index contributed by atoms with van der Waals surface area (Å²) in [6.07, 6.45) is 10.2. The summed E-state index contributed by atoms with van der Waals surface area (Å²) in [5, 5.41) is 3.28. The summed E-state index contributed by atoms with van der Waals surface area (Å²) < 4.78 is 2.05. The molecule has 1 N–H and O–H groups in total. The molecule has 78 valence electrons. The maximum Gasteiger partial charge on any atom is 0.112 e. The molecule has 0 fully saturated rings. The summed E-state index contributed by atoms with van der Waals surface area (Å²) in [6, 6.07) is 0. The average Bonchev–Trinajstić information content (AvgIpc) is 2.58. The van der Waals surface area contributed by atoms with Crippen molar-refractivity contribution in [1.82, 2.24) is 14.9 Å². The van der Waals surface area contributed by atoms with E-state index in [1.54, 1.807) is 0 Å². The molecule has 0 aliphatic carbocycles. The van der Waals surface area contributed by atoms with Crippen molar-refractivity contribution in [2.24, 2.45) is 7.05 Å². The third kappa shape index (κ3) is 3.75. The Bertz CT molecular complexity index is 276. The predicted molar refractivity (Wildman–Crippen MR) is 59.2 cm³/mol. The standard InChI is InChI=1S/C11H19N3/c1-3-12-8-6-4-5-7-11-13-9-10-14(11)2/h4-5,9-10,12H,3,6-8H2,1-2H3. The smallest absolute Gasteiger partial charge is 0.112 e. The molecule has 0 atom stereocenters. The molecule has 0 aromatic carbocycles. The number of hydrogen-bond donors (Lipinski definition) is 1. The summed E-state index contributed by atoms with van der Waals surface area (Å²) in [4.78, 5) is 4.25. The maximum atomic E-state index is 4.25. The van der Waals surface area contributed by atoms with Crippen molar-refractivity contribution in [3.8, 4) is 0 Å². The lowest BCUT2D eigenvalue weighted by Crippen LogP contribution is -2.12. The number of nitrogens with one attached hydrogen (secondary N) is 1. The van der Waals surface area contributed by atoms with E-state index in [-0.39, 0.29) is 0 Å². The van der Waals surface area contributed by atoms with Gasteiger partial charge in [0.05, 0.1) is 0 Å². The van der Waals surface area contributed by atoms with Crippen LogP contribution in [0.5, 0.6) is 0 Å². The largest absolute Gasteiger partial charge is 0.338 e. The van der Waals surface area contributed by atoms with Crippen LogP contribution in [0.25, 0.3) is 0 Å². The van der Waals surface area contributed by atoms with Crippen LogP contribution < -0.4 is 5.32 Å². The first-order chi connectivity index (χ1) is 6.84. The minimum absolute atomic E-state index is 0.926. The van der Waals surface area contributed by atoms with Gasteiger partial charge < -0.3 is 9.88 Å². The van der Waals surface area contributed by atoms with Gasteiger partial charge in [-0.1, -0.05) is 19.1 Å². The number of aryl methyl sites for hydroxylation is 1. The van der Waals surface area contributed by atoms with E-state index in [1.165, 1.54) is 0 Å². The van der Waals surface area contributed by atoms with E-state index in [9.17, 15) is 0 Å². The molecule has 0 amide bonds. The SMILES string of the molecule is CCNCCC=CCc1nccn1C. The molecule has 0 radical (unpaired) electrons. The van der Waals surface area contributed by atoms with Crippen LogP contribution in [0.15, 0.2) is 24.5 Å². The van der Waals surface area contributed by atoms with Gasteiger partial charge in [0.15, 0.2) is 0 Å². The summed E-state index contributed by atoms with van der Waals surface area (Å²) in [7, 11) is 2.02. The van der Waals surface area contributed by atoms with Crippen LogP contribution in [-0.2, 0) is 13.5 Å². The minimum Gasteiger partial charge on any atom is -0.338 e. The Balaban J connectivity index is 2.17. The maximum absolute atomic E-state index is 4.25. The van der Waals surface area contributed by atoms with E-state index in [0.717, 1.165) is 31.8 Å². The van der Waals surface area contributed by atoms with E-state index in [1.807, 2.05) is 19.4 Å². The Morgan fingerprint density at radius 1 is 1.50 bits per heavy atom. The first-order valence-corrected chi connectivity index (χ1v) is 5.16. The highest BCUT2D eigenvalue weighted by molar-refractivity contribution is 4.98. The Hall–Kier alpha value is -1.09. The van der Waals surface area contributed by atoms with Gasteiger partial charge in [0, 0.05) is 25.9 Å². The van der Waals surface area contributed by atoms with E-state index in [2.05, 4.69) is 33.9 Å². The third-order valence-electron chi connectivity index (χ3n) is 2.13. The van der Waals surface area contributed by atoms with Crippen LogP contribution in [0.4, 0.5) is 0 Å². The molecular weight excluding hydrogens is 174 g/mol. The zero-order valence-corrected chi connectivity index (χ0v) is 9.03. The highest BCUT2D eigenvalue weighted by Crippen LogP contribution is 1.96. The first kappa shape index (κ1) is 11.0. The van der Waals surface area contributed by atoms with Gasteiger partial charge in [-0.15, -0.1) is 0 Å². The molecule has 3 nitrogen and oxygen atoms in total. The topological polar surface area (TPSA) is 29.9 Å². The zero-order chi connectivity index (χ0) is 10.2. The number of rotatable bonds is 6. The molecule has 0 saturated carbocycles. The van der Waals surface area contributed by atoms with Gasteiger partial charge >= 0.3 is 0 Å². The predicted octanol–water partition coefficient (Wildman–Crippen LogP) is 1.52. The molecule has 0 bridgehead atoms. The number of nitrogens with zero attached hydrogens (tertiary/aromatic N) is 2. The van der Waals surface area contributed by atoms with Crippen molar-refractivity contribution < 1.29 is 0 Å². The van der Waals surface area contributed by atoms with Gasteiger partial charge in [-0.3, -0.25) is 0 Å². The number of imidazole rings is 1. The van der Waals surface area contributed by atoms with Crippen LogP contribution in [0.2, 0.25) is 0 Å². The second-order valence-electron chi connectivity index (χ2n) is 3.27. The zero-order valence-electron chi connectivity index (χ0n) is 9.03. The van der Waals surface area contributed by atoms with Crippen molar-refractivity contribution in [3.05, 3.63) is 30.4 Å². The molecule has 0 spiro atoms. The third-order valence-corrected chi connectivity index (χ3v) is 2.13. The van der Waals surface area contributed by atoms with Crippen LogP contribution >= 0.6 is 0 Å². The molecule has 0 saturated heterocycles. The van der Waals surface area contributed by atoms with Crippen molar-refractivity contribution in [2.75, 3.05) is 13.1 Å². The average molecular weight is 193 g/mol. The summed E-state index contributed by atoms with van der Waals surface area (Å²) >= 11 is 0. The fourth-order valence-corrected chi connectivity index (χ4v) is 1.26. The van der Waals surface area contributed by atoms with Crippen LogP contribution in [0, 0.1) is 0 Å². The molecule has 0 aliphatic rings. The highest BCUT2D eigenvalue weighted by Gasteiger charge is 1.93. The molecule has 1 aromatic rings. The van der Waals surface area contributed by atoms with Crippen molar-refractivity contribution >= 4 is 0 Å². The fourth-order valence-electron chi connectivity index (χ4n) is 1.26. The Morgan fingerprint density at radius 2 is 2.36 bits per heavy atom. The lowest BCUT2D eigenvalue weighted by molar-refractivity contribution is 0.725. The summed E-state index contributed by atoms with van der Waals surface area (Å²) in [5.41, 5.74) is 0. The number of aromatic nitrogens is 2. The summed E-state index contributed by atoms with van der Waals surface area (Å²) in [6.45, 7) is 4.23. The van der Waals surface area contributed by atoms with Crippen LogP contribution in [-0.4, -0.2) is 22.6 Å². The van der Waals surface area contributed by atoms with Gasteiger partial charge in [-0.05, 0) is 19.5 Å². The van der Waals surface area contributed by atoms with Gasteiger partial charge in [-0.2, -0.15) is 0 Å². The normalized spacial score (nSPS) is 11.3. The minimum atomic E-state index is 0.926. The number of hydrogen-bond acceptors (Lipinski definition) is 2. The molecule has 1 rings (SSSR count). The Kier molecular flexibility index (Phi) is 5.00. The molecule has 1 heterocycles. The van der Waals surface area contributed by atoms with Crippen LogP contribution in [0.3, 0.4) is 0 Å². The second-order valence-corrected chi connectivity index (χ2v) is 3.27. The highest BCUT2D eigenvalue weighted by atomic mass is 15.0. The second kappa shape index (κ2) is 6.38. The Morgan fingerprint density at radius 3 is 3.00 bits per heavy atom. The van der Waals surface area contributed by atoms with Gasteiger partial charge in [0.2, 0.25) is 0 Å². The monoisotopic (exact) mass is 193 g/mol. The van der Waals surface area contributed by atoms with E-state index < -0.39 is 0 Å². The van der Waals surface area contributed by atoms with E-state index in [4.69, 9.17) is 0 Å². The van der Waals surface area contributed by atoms with Crippen LogP contribution in [0.1, 0.15) is 19.2 Å². The van der Waals surface area contributed by atoms with E-state index >= 15 is 0 Å². The van der Waals surface area contributed by atoms with Gasteiger partial charge in [0.25, 0.3) is 0 Å². The molecule has 0 aliphatic heterocycles. The first-order valence-electron chi connectivity index (χ1n) is 5.16. The van der Waals surface area contributed by atoms with Gasteiger partial charge in [-0.25, -0.2) is 4.98 Å². The summed E-state index contributed by atoms with van der Waals surface area (Å²) in [5.74, 6) is 1.12. The molecule has 1 aromatic heterocycles. The Labute approximate surface area is 85.8 Å². The molecule has 14 heavy (non-hydrogen) atoms. The van der Waals surface area contributed by atoms with Gasteiger partial charge in [0.1, 0.15) is 5.82 Å². The van der Waals surface area contributed by atoms with E-state index in [0.29, 0.717) is 0 Å². The fraction of sp³-hybridized carbons (Fsp3) is 0.545. The lowest BCUT2D eigenvalue weighted by atomic mass is 10.3. The lowest BCUT2D eigenvalue weighted by Gasteiger charge is -1.97. The van der Waals surface area contributed by atoms with Crippen molar-refractivity contribution in [3.63, 3.8) is 0 Å². The molecular formula is C11H19N3. The van der Waals surface area contributed by atoms with Crippen molar-refractivity contribution in [2.45, 2.75) is 19.8 Å². The van der Waals surface area contributed by atoms with Crippen molar-refractivity contribution in [1.29, 1.82) is 0 Å². The molecule has 0 unspecified atom stereocenters.